The van der Waals surface area contributed by atoms with Crippen molar-refractivity contribution in [3.05, 3.63) is 71.9 Å². The van der Waals surface area contributed by atoms with Gasteiger partial charge >= 0.3 is 0 Å². The highest BCUT2D eigenvalue weighted by molar-refractivity contribution is 6.00. The van der Waals surface area contributed by atoms with E-state index in [0.717, 1.165) is 31.4 Å². The van der Waals surface area contributed by atoms with E-state index in [9.17, 15) is 14.0 Å². The fourth-order valence-corrected chi connectivity index (χ4v) is 5.42. The molecular weight excluding hydrogens is 445 g/mol. The van der Waals surface area contributed by atoms with Crippen LogP contribution in [0.2, 0.25) is 0 Å². The van der Waals surface area contributed by atoms with Crippen molar-refractivity contribution < 1.29 is 18.4 Å². The Morgan fingerprint density at radius 2 is 1.80 bits per heavy atom. The molecule has 1 atom stereocenters. The van der Waals surface area contributed by atoms with Crippen LogP contribution >= 0.6 is 0 Å². The van der Waals surface area contributed by atoms with E-state index in [1.54, 1.807) is 35.4 Å². The lowest BCUT2D eigenvalue weighted by molar-refractivity contribution is -0.134. The third kappa shape index (κ3) is 4.64. The van der Waals surface area contributed by atoms with Crippen molar-refractivity contribution >= 4 is 11.8 Å². The molecule has 1 fully saturated rings. The summed E-state index contributed by atoms with van der Waals surface area (Å²) in [5.41, 5.74) is 0.742. The fourth-order valence-electron chi connectivity index (χ4n) is 5.42. The first-order chi connectivity index (χ1) is 17.0. The van der Waals surface area contributed by atoms with E-state index in [2.05, 4.69) is 5.32 Å². The average Bonchev–Trinajstić information content (AvgIpc) is 3.48. The molecule has 1 aliphatic heterocycles. The number of rotatable bonds is 5. The lowest BCUT2D eigenvalue weighted by Gasteiger charge is -2.45. The predicted octanol–water partition coefficient (Wildman–Crippen LogP) is 5.53. The molecule has 2 aromatic heterocycles. The van der Waals surface area contributed by atoms with Gasteiger partial charge in [0.25, 0.3) is 5.91 Å². The maximum absolute atomic E-state index is 14.0. The molecule has 0 spiro atoms. The highest BCUT2D eigenvalue weighted by atomic mass is 19.1. The van der Waals surface area contributed by atoms with Gasteiger partial charge in [-0.15, -0.1) is 0 Å². The van der Waals surface area contributed by atoms with Crippen LogP contribution in [0.15, 0.2) is 59.2 Å². The van der Waals surface area contributed by atoms with Crippen LogP contribution in [-0.2, 0) is 17.9 Å². The number of nitrogens with zero attached hydrogens (tertiary/aromatic N) is 2. The Labute approximate surface area is 205 Å². The van der Waals surface area contributed by atoms with Gasteiger partial charge in [0, 0.05) is 12.6 Å². The summed E-state index contributed by atoms with van der Waals surface area (Å²) in [4.78, 5) is 29.3. The van der Waals surface area contributed by atoms with E-state index < -0.39 is 5.54 Å². The van der Waals surface area contributed by atoms with Crippen LogP contribution in [0.25, 0.3) is 11.5 Å². The number of carbonyl (C=O) groups is 2. The number of furan rings is 1. The van der Waals surface area contributed by atoms with E-state index in [1.807, 2.05) is 23.6 Å². The number of benzene rings is 1. The number of amides is 2. The molecule has 5 rings (SSSR count). The number of nitrogens with one attached hydrogen (secondary N) is 1. The number of hydrogen-bond donors (Lipinski definition) is 1. The minimum atomic E-state index is -1.15. The van der Waals surface area contributed by atoms with E-state index in [0.29, 0.717) is 17.0 Å². The van der Waals surface area contributed by atoms with Crippen molar-refractivity contribution in [3.8, 4) is 11.5 Å². The zero-order valence-corrected chi connectivity index (χ0v) is 20.1. The third-order valence-electron chi connectivity index (χ3n) is 7.44. The smallest absolute Gasteiger partial charge is 0.271 e. The van der Waals surface area contributed by atoms with Crippen molar-refractivity contribution in [3.63, 3.8) is 0 Å². The zero-order valence-electron chi connectivity index (χ0n) is 20.1. The van der Waals surface area contributed by atoms with Crippen molar-refractivity contribution in [2.45, 2.75) is 76.5 Å². The molecule has 0 unspecified atom stereocenters. The van der Waals surface area contributed by atoms with Gasteiger partial charge in [-0.1, -0.05) is 44.2 Å². The van der Waals surface area contributed by atoms with Gasteiger partial charge < -0.3 is 19.2 Å². The molecule has 6 nitrogen and oxygen atoms in total. The minimum absolute atomic E-state index is 0.0985. The van der Waals surface area contributed by atoms with Gasteiger partial charge in [-0.3, -0.25) is 9.59 Å². The molecule has 3 heterocycles. The molecule has 1 aliphatic carbocycles. The van der Waals surface area contributed by atoms with Crippen LogP contribution in [0.4, 0.5) is 4.39 Å². The minimum Gasteiger partial charge on any atom is -0.463 e. The molecule has 184 valence electrons. The van der Waals surface area contributed by atoms with Crippen molar-refractivity contribution in [2.75, 3.05) is 0 Å². The Bertz CT molecular complexity index is 1190. The number of halogens is 1. The van der Waals surface area contributed by atoms with Crippen LogP contribution in [0.3, 0.4) is 0 Å². The van der Waals surface area contributed by atoms with E-state index in [4.69, 9.17) is 4.42 Å². The molecule has 35 heavy (non-hydrogen) atoms. The Kier molecular flexibility index (Phi) is 6.50. The molecule has 2 amide bonds. The summed E-state index contributed by atoms with van der Waals surface area (Å²) in [6, 6.07) is 13.6. The molecule has 3 aromatic rings. The normalized spacial score (nSPS) is 21.3. The second kappa shape index (κ2) is 9.72. The first-order valence-corrected chi connectivity index (χ1v) is 12.6. The maximum atomic E-state index is 14.0. The largest absolute Gasteiger partial charge is 0.463 e. The van der Waals surface area contributed by atoms with Crippen molar-refractivity contribution in [2.24, 2.45) is 0 Å². The maximum Gasteiger partial charge on any atom is 0.271 e. The van der Waals surface area contributed by atoms with E-state index >= 15 is 0 Å². The second-order valence-electron chi connectivity index (χ2n) is 9.98. The van der Waals surface area contributed by atoms with Crippen LogP contribution in [-0.4, -0.2) is 32.9 Å². The molecule has 1 N–H and O–H groups in total. The number of aromatic nitrogens is 1. The standard InChI is InChI=1S/C28H32FN3O3/c1-28(27(34)30-22-11-5-3-2-4-6-12-22)19-31-23(25-13-8-16-35-25)14-15-24(31)26(33)32(28)18-20-9-7-10-21(29)17-20/h7-10,13-17,22H,2-6,11-12,18-19H2,1H3,(H,30,34)/t28-/m0/s1. The molecule has 0 radical (unpaired) electrons. The quantitative estimate of drug-likeness (QED) is 0.525. The van der Waals surface area contributed by atoms with Gasteiger partial charge in [-0.05, 0) is 61.7 Å². The summed E-state index contributed by atoms with van der Waals surface area (Å²) >= 11 is 0. The molecular formula is C28H32FN3O3. The summed E-state index contributed by atoms with van der Waals surface area (Å²) in [6.45, 7) is 2.24. The monoisotopic (exact) mass is 477 g/mol. The Morgan fingerprint density at radius 3 is 2.51 bits per heavy atom. The Hall–Kier alpha value is -3.35. The molecule has 0 saturated heterocycles. The van der Waals surface area contributed by atoms with Crippen LogP contribution in [0.5, 0.6) is 0 Å². The molecule has 1 aromatic carbocycles. The summed E-state index contributed by atoms with van der Waals surface area (Å²) in [5, 5.41) is 3.28. The summed E-state index contributed by atoms with van der Waals surface area (Å²) in [7, 11) is 0. The highest BCUT2D eigenvalue weighted by Crippen LogP contribution is 2.34. The lowest BCUT2D eigenvalue weighted by atomic mass is 9.91. The third-order valence-corrected chi connectivity index (χ3v) is 7.44. The Balaban J connectivity index is 1.50. The summed E-state index contributed by atoms with van der Waals surface area (Å²) in [5.74, 6) is -0.146. The molecule has 1 saturated carbocycles. The van der Waals surface area contributed by atoms with E-state index in [1.165, 1.54) is 31.4 Å². The van der Waals surface area contributed by atoms with Crippen LogP contribution in [0.1, 0.15) is 67.9 Å². The van der Waals surface area contributed by atoms with Crippen LogP contribution in [0, 0.1) is 5.82 Å². The molecule has 2 aliphatic rings. The summed E-state index contributed by atoms with van der Waals surface area (Å²) < 4.78 is 21.4. The first kappa shape index (κ1) is 23.4. The topological polar surface area (TPSA) is 67.5 Å². The second-order valence-corrected chi connectivity index (χ2v) is 9.98. The number of hydrogen-bond acceptors (Lipinski definition) is 3. The highest BCUT2D eigenvalue weighted by Gasteiger charge is 2.48. The van der Waals surface area contributed by atoms with Gasteiger partial charge in [0.2, 0.25) is 5.91 Å². The average molecular weight is 478 g/mol. The van der Waals surface area contributed by atoms with Gasteiger partial charge in [-0.25, -0.2) is 4.39 Å². The van der Waals surface area contributed by atoms with Gasteiger partial charge in [0.05, 0.1) is 18.5 Å². The first-order valence-electron chi connectivity index (χ1n) is 12.6. The van der Waals surface area contributed by atoms with E-state index in [-0.39, 0.29) is 36.8 Å². The zero-order chi connectivity index (χ0) is 24.4. The van der Waals surface area contributed by atoms with Gasteiger partial charge in [0.1, 0.15) is 22.8 Å². The number of fused-ring (bicyclic) bond motifs is 1. The summed E-state index contributed by atoms with van der Waals surface area (Å²) in [6.07, 6.45) is 9.31. The van der Waals surface area contributed by atoms with Gasteiger partial charge in [-0.2, -0.15) is 0 Å². The van der Waals surface area contributed by atoms with Crippen molar-refractivity contribution in [1.29, 1.82) is 0 Å². The van der Waals surface area contributed by atoms with Gasteiger partial charge in [0.15, 0.2) is 0 Å². The molecule has 0 bridgehead atoms. The fraction of sp³-hybridized carbons (Fsp3) is 0.429. The van der Waals surface area contributed by atoms with Crippen LogP contribution < -0.4 is 5.32 Å². The lowest BCUT2D eigenvalue weighted by Crippen LogP contribution is -2.64. The predicted molar refractivity (Wildman–Crippen MR) is 131 cm³/mol. The molecule has 7 heteroatoms. The van der Waals surface area contributed by atoms with Crippen molar-refractivity contribution in [1.82, 2.24) is 14.8 Å². The Morgan fingerprint density at radius 1 is 1.06 bits per heavy atom. The SMILES string of the molecule is C[C@@]1(C(=O)NC2CCCCCCC2)Cn2c(ccc2-c2ccco2)C(=O)N1Cc1cccc(F)c1. The number of carbonyl (C=O) groups excluding carboxylic acids is 2.